The minimum atomic E-state index is -0.823. The molecule has 0 bridgehead atoms. The number of aryl methyl sites for hydroxylation is 1. The molecule has 18 heavy (non-hydrogen) atoms. The molecule has 4 nitrogen and oxygen atoms in total. The fourth-order valence-corrected chi connectivity index (χ4v) is 2.86. The molecule has 0 radical (unpaired) electrons. The molecule has 0 unspecified atom stereocenters. The summed E-state index contributed by atoms with van der Waals surface area (Å²) < 4.78 is 3.08. The maximum atomic E-state index is 10.6. The zero-order chi connectivity index (χ0) is 13.1. The van der Waals surface area contributed by atoms with Crippen molar-refractivity contribution in [1.29, 1.82) is 0 Å². The van der Waals surface area contributed by atoms with E-state index in [1.807, 2.05) is 18.2 Å². The molecular weight excluding hydrogens is 316 g/mol. The van der Waals surface area contributed by atoms with Crippen LogP contribution in [0.1, 0.15) is 13.3 Å². The second-order valence-electron chi connectivity index (χ2n) is 3.86. The number of aromatic nitrogens is 2. The fraction of sp³-hybridized carbons (Fsp3) is 0.333. The zero-order valence-electron chi connectivity index (χ0n) is 9.89. The average Bonchev–Trinajstić information content (AvgIpc) is 2.65. The van der Waals surface area contributed by atoms with Gasteiger partial charge in [0.05, 0.1) is 16.8 Å². The number of nitrogens with zero attached hydrogens (tertiary/aromatic N) is 2. The Morgan fingerprint density at radius 3 is 3.00 bits per heavy atom. The Bertz CT molecular complexity index is 583. The summed E-state index contributed by atoms with van der Waals surface area (Å²) in [6, 6.07) is 5.90. The number of carboxylic acid groups (broad SMARTS) is 1. The van der Waals surface area contributed by atoms with Gasteiger partial charge >= 0.3 is 5.97 Å². The lowest BCUT2D eigenvalue weighted by atomic mass is 10.3. The highest BCUT2D eigenvalue weighted by Gasteiger charge is 2.12. The van der Waals surface area contributed by atoms with E-state index in [2.05, 4.69) is 32.4 Å². The molecule has 6 heteroatoms. The first kappa shape index (κ1) is 13.4. The quantitative estimate of drug-likeness (QED) is 0.855. The molecule has 1 N–H and O–H groups in total. The Labute approximate surface area is 118 Å². The molecule has 0 spiro atoms. The van der Waals surface area contributed by atoms with E-state index in [1.54, 1.807) is 0 Å². The van der Waals surface area contributed by atoms with E-state index in [0.717, 1.165) is 33.6 Å². The van der Waals surface area contributed by atoms with Gasteiger partial charge in [-0.25, -0.2) is 4.98 Å². The Morgan fingerprint density at radius 1 is 1.56 bits per heavy atom. The van der Waals surface area contributed by atoms with Crippen LogP contribution in [-0.2, 0) is 11.3 Å². The number of fused-ring (bicyclic) bond motifs is 1. The molecule has 0 atom stereocenters. The van der Waals surface area contributed by atoms with Crippen molar-refractivity contribution in [2.45, 2.75) is 25.0 Å². The summed E-state index contributed by atoms with van der Waals surface area (Å²) in [5, 5.41) is 9.52. The standard InChI is InChI=1S/C12H13BrN2O2S/c1-2-5-15-10-6-8(13)3-4-9(10)14-12(15)18-7-11(16)17/h3-4,6H,2,5,7H2,1H3,(H,16,17). The van der Waals surface area contributed by atoms with Crippen LogP contribution >= 0.6 is 27.7 Å². The molecule has 1 aromatic heterocycles. The van der Waals surface area contributed by atoms with E-state index in [4.69, 9.17) is 5.11 Å². The van der Waals surface area contributed by atoms with Gasteiger partial charge in [0.2, 0.25) is 0 Å². The third-order valence-electron chi connectivity index (χ3n) is 2.45. The van der Waals surface area contributed by atoms with Gasteiger partial charge in [-0.05, 0) is 24.6 Å². The number of carboxylic acids is 1. The van der Waals surface area contributed by atoms with E-state index in [-0.39, 0.29) is 5.75 Å². The third-order valence-corrected chi connectivity index (χ3v) is 3.90. The number of halogens is 1. The van der Waals surface area contributed by atoms with Crippen molar-refractivity contribution in [2.75, 3.05) is 5.75 Å². The van der Waals surface area contributed by atoms with Crippen LogP contribution in [0.2, 0.25) is 0 Å². The van der Waals surface area contributed by atoms with Gasteiger partial charge < -0.3 is 9.67 Å². The molecule has 2 rings (SSSR count). The van der Waals surface area contributed by atoms with Gasteiger partial charge in [-0.3, -0.25) is 4.79 Å². The van der Waals surface area contributed by atoms with Crippen molar-refractivity contribution in [2.24, 2.45) is 0 Å². The molecule has 0 fully saturated rings. The Hall–Kier alpha value is -1.01. The van der Waals surface area contributed by atoms with E-state index >= 15 is 0 Å². The average molecular weight is 329 g/mol. The lowest BCUT2D eigenvalue weighted by Gasteiger charge is -2.06. The fourth-order valence-electron chi connectivity index (χ4n) is 1.75. The highest BCUT2D eigenvalue weighted by Crippen LogP contribution is 2.26. The molecule has 0 aliphatic carbocycles. The summed E-state index contributed by atoms with van der Waals surface area (Å²) in [5.74, 6) is -0.787. The van der Waals surface area contributed by atoms with Gasteiger partial charge in [0.1, 0.15) is 0 Å². The van der Waals surface area contributed by atoms with E-state index < -0.39 is 5.97 Å². The van der Waals surface area contributed by atoms with Crippen LogP contribution in [0.4, 0.5) is 0 Å². The van der Waals surface area contributed by atoms with E-state index in [0.29, 0.717) is 0 Å². The summed E-state index contributed by atoms with van der Waals surface area (Å²) in [6.07, 6.45) is 0.985. The molecule has 2 aromatic rings. The molecular formula is C12H13BrN2O2S. The lowest BCUT2D eigenvalue weighted by molar-refractivity contribution is -0.133. The number of imidazole rings is 1. The summed E-state index contributed by atoms with van der Waals surface area (Å²) in [5.41, 5.74) is 1.94. The summed E-state index contributed by atoms with van der Waals surface area (Å²) in [4.78, 5) is 15.1. The normalized spacial score (nSPS) is 11.0. The first-order valence-corrected chi connectivity index (χ1v) is 7.40. The van der Waals surface area contributed by atoms with Crippen molar-refractivity contribution < 1.29 is 9.90 Å². The zero-order valence-corrected chi connectivity index (χ0v) is 12.3. The Balaban J connectivity index is 2.44. The Kier molecular flexibility index (Phi) is 4.29. The van der Waals surface area contributed by atoms with Crippen LogP contribution in [0.15, 0.2) is 27.8 Å². The highest BCUT2D eigenvalue weighted by molar-refractivity contribution is 9.10. The topological polar surface area (TPSA) is 55.1 Å². The molecule has 0 aliphatic heterocycles. The second-order valence-corrected chi connectivity index (χ2v) is 5.72. The van der Waals surface area contributed by atoms with E-state index in [9.17, 15) is 4.79 Å². The monoisotopic (exact) mass is 328 g/mol. The minimum Gasteiger partial charge on any atom is -0.481 e. The van der Waals surface area contributed by atoms with Crippen LogP contribution in [0.3, 0.4) is 0 Å². The summed E-state index contributed by atoms with van der Waals surface area (Å²) in [6.45, 7) is 2.93. The predicted octanol–water partition coefficient (Wildman–Crippen LogP) is 3.39. The molecule has 1 aromatic carbocycles. The van der Waals surface area contributed by atoms with Crippen molar-refractivity contribution >= 4 is 44.7 Å². The summed E-state index contributed by atoms with van der Waals surface area (Å²) in [7, 11) is 0. The Morgan fingerprint density at radius 2 is 2.33 bits per heavy atom. The van der Waals surface area contributed by atoms with Crippen molar-refractivity contribution in [3.8, 4) is 0 Å². The van der Waals surface area contributed by atoms with Crippen molar-refractivity contribution in [3.63, 3.8) is 0 Å². The molecule has 1 heterocycles. The lowest BCUT2D eigenvalue weighted by Crippen LogP contribution is -2.03. The van der Waals surface area contributed by atoms with Gasteiger partial charge in [-0.2, -0.15) is 0 Å². The first-order valence-electron chi connectivity index (χ1n) is 5.62. The number of benzene rings is 1. The number of hydrogen-bond donors (Lipinski definition) is 1. The number of carbonyl (C=O) groups is 1. The molecule has 0 amide bonds. The minimum absolute atomic E-state index is 0.0359. The molecule has 0 aliphatic rings. The molecule has 0 saturated carbocycles. The van der Waals surface area contributed by atoms with E-state index in [1.165, 1.54) is 11.8 Å². The number of thioether (sulfide) groups is 1. The molecule has 96 valence electrons. The number of rotatable bonds is 5. The van der Waals surface area contributed by atoms with Gasteiger partial charge in [0.15, 0.2) is 5.16 Å². The van der Waals surface area contributed by atoms with Gasteiger partial charge in [0.25, 0.3) is 0 Å². The van der Waals surface area contributed by atoms with Crippen LogP contribution in [0.25, 0.3) is 11.0 Å². The first-order chi connectivity index (χ1) is 8.61. The maximum Gasteiger partial charge on any atom is 0.313 e. The smallest absolute Gasteiger partial charge is 0.313 e. The van der Waals surface area contributed by atoms with Crippen LogP contribution in [-0.4, -0.2) is 26.4 Å². The third kappa shape index (κ3) is 2.87. The maximum absolute atomic E-state index is 10.6. The van der Waals surface area contributed by atoms with Gasteiger partial charge in [0, 0.05) is 11.0 Å². The number of aliphatic carboxylic acids is 1. The molecule has 0 saturated heterocycles. The largest absolute Gasteiger partial charge is 0.481 e. The van der Waals surface area contributed by atoms with Crippen LogP contribution < -0.4 is 0 Å². The number of hydrogen-bond acceptors (Lipinski definition) is 3. The van der Waals surface area contributed by atoms with Gasteiger partial charge in [-0.15, -0.1) is 0 Å². The summed E-state index contributed by atoms with van der Waals surface area (Å²) >= 11 is 4.71. The highest BCUT2D eigenvalue weighted by atomic mass is 79.9. The van der Waals surface area contributed by atoms with Crippen LogP contribution in [0.5, 0.6) is 0 Å². The predicted molar refractivity (Wildman–Crippen MR) is 76.1 cm³/mol. The van der Waals surface area contributed by atoms with Crippen molar-refractivity contribution in [3.05, 3.63) is 22.7 Å². The van der Waals surface area contributed by atoms with Gasteiger partial charge in [-0.1, -0.05) is 34.6 Å². The van der Waals surface area contributed by atoms with Crippen molar-refractivity contribution in [1.82, 2.24) is 9.55 Å². The SMILES string of the molecule is CCCn1c(SCC(=O)O)nc2ccc(Br)cc21. The van der Waals surface area contributed by atoms with Crippen LogP contribution in [0, 0.1) is 0 Å². The second kappa shape index (κ2) is 5.75.